The third kappa shape index (κ3) is 2.87. The molecular formula is C12H11ClN2O3. The van der Waals surface area contributed by atoms with Crippen LogP contribution in [-0.2, 0) is 16.1 Å². The van der Waals surface area contributed by atoms with E-state index < -0.39 is 5.97 Å². The first-order chi connectivity index (χ1) is 8.56. The van der Waals surface area contributed by atoms with Crippen LogP contribution in [0, 0.1) is 0 Å². The molecule has 1 aromatic carbocycles. The van der Waals surface area contributed by atoms with Gasteiger partial charge in [-0.2, -0.15) is 5.10 Å². The molecule has 94 valence electrons. The normalized spacial score (nSPS) is 14.8. The molecule has 1 aromatic rings. The first kappa shape index (κ1) is 12.6. The molecule has 18 heavy (non-hydrogen) atoms. The predicted octanol–water partition coefficient (Wildman–Crippen LogP) is 1.90. The number of hydrogen-bond acceptors (Lipinski definition) is 3. The molecule has 0 atom stereocenters. The van der Waals surface area contributed by atoms with Crippen molar-refractivity contribution in [3.05, 3.63) is 34.9 Å². The number of aliphatic carboxylic acids is 1. The number of carbonyl (C=O) groups is 2. The average Bonchev–Trinajstić information content (AvgIpc) is 2.61. The highest BCUT2D eigenvalue weighted by Crippen LogP contribution is 2.20. The molecule has 0 aromatic heterocycles. The Morgan fingerprint density at radius 3 is 2.83 bits per heavy atom. The van der Waals surface area contributed by atoms with Crippen LogP contribution in [0.5, 0.6) is 0 Å². The fraction of sp³-hybridized carbons (Fsp3) is 0.250. The standard InChI is InChI=1S/C12H11ClN2O3/c13-10-4-2-1-3-8(10)7-15-11(16)5-9(14-15)6-12(17)18/h1-4H,5-7H2,(H,17,18). The van der Waals surface area contributed by atoms with Crippen molar-refractivity contribution in [1.29, 1.82) is 0 Å². The van der Waals surface area contributed by atoms with E-state index in [2.05, 4.69) is 5.10 Å². The minimum absolute atomic E-state index is 0.0662. The Morgan fingerprint density at radius 1 is 1.44 bits per heavy atom. The van der Waals surface area contributed by atoms with E-state index in [0.717, 1.165) is 5.56 Å². The van der Waals surface area contributed by atoms with Gasteiger partial charge < -0.3 is 5.11 Å². The van der Waals surface area contributed by atoms with Gasteiger partial charge >= 0.3 is 5.97 Å². The summed E-state index contributed by atoms with van der Waals surface area (Å²) in [6, 6.07) is 7.17. The van der Waals surface area contributed by atoms with Crippen molar-refractivity contribution in [2.24, 2.45) is 5.10 Å². The Hall–Kier alpha value is -1.88. The third-order valence-corrected chi connectivity index (χ3v) is 2.91. The first-order valence-corrected chi connectivity index (χ1v) is 5.76. The van der Waals surface area contributed by atoms with Gasteiger partial charge in [-0.15, -0.1) is 0 Å². The van der Waals surface area contributed by atoms with Gasteiger partial charge in [-0.1, -0.05) is 29.8 Å². The summed E-state index contributed by atoms with van der Waals surface area (Å²) in [7, 11) is 0. The number of halogens is 1. The Kier molecular flexibility index (Phi) is 3.62. The van der Waals surface area contributed by atoms with Crippen LogP contribution in [0.1, 0.15) is 18.4 Å². The van der Waals surface area contributed by atoms with E-state index in [4.69, 9.17) is 16.7 Å². The zero-order valence-corrected chi connectivity index (χ0v) is 10.2. The lowest BCUT2D eigenvalue weighted by molar-refractivity contribution is -0.135. The van der Waals surface area contributed by atoms with Crippen molar-refractivity contribution in [3.63, 3.8) is 0 Å². The Balaban J connectivity index is 2.10. The van der Waals surface area contributed by atoms with Crippen molar-refractivity contribution in [2.75, 3.05) is 0 Å². The molecule has 0 bridgehead atoms. The number of amides is 1. The molecule has 0 saturated carbocycles. The molecule has 0 fully saturated rings. The maximum absolute atomic E-state index is 11.7. The topological polar surface area (TPSA) is 70.0 Å². The number of carbonyl (C=O) groups excluding carboxylic acids is 1. The maximum Gasteiger partial charge on any atom is 0.309 e. The van der Waals surface area contributed by atoms with E-state index in [1.165, 1.54) is 5.01 Å². The molecule has 0 aliphatic carbocycles. The smallest absolute Gasteiger partial charge is 0.309 e. The largest absolute Gasteiger partial charge is 0.481 e. The molecule has 1 amide bonds. The molecule has 2 rings (SSSR count). The molecule has 1 aliphatic heterocycles. The molecule has 5 nitrogen and oxygen atoms in total. The second kappa shape index (κ2) is 5.18. The van der Waals surface area contributed by atoms with Crippen molar-refractivity contribution in [2.45, 2.75) is 19.4 Å². The van der Waals surface area contributed by atoms with Crippen LogP contribution in [0.4, 0.5) is 0 Å². The van der Waals surface area contributed by atoms with Crippen molar-refractivity contribution < 1.29 is 14.7 Å². The molecule has 0 radical (unpaired) electrons. The van der Waals surface area contributed by atoms with E-state index in [1.807, 2.05) is 6.07 Å². The summed E-state index contributed by atoms with van der Waals surface area (Å²) in [6.45, 7) is 0.266. The van der Waals surface area contributed by atoms with Gasteiger partial charge in [-0.25, -0.2) is 5.01 Å². The van der Waals surface area contributed by atoms with Crippen molar-refractivity contribution in [1.82, 2.24) is 5.01 Å². The number of hydrogen-bond donors (Lipinski definition) is 1. The van der Waals surface area contributed by atoms with E-state index in [-0.39, 0.29) is 25.3 Å². The Labute approximate surface area is 109 Å². The first-order valence-electron chi connectivity index (χ1n) is 5.38. The van der Waals surface area contributed by atoms with Gasteiger partial charge in [0.05, 0.1) is 25.1 Å². The monoisotopic (exact) mass is 266 g/mol. The summed E-state index contributed by atoms with van der Waals surface area (Å²) in [5.74, 6) is -1.19. The minimum Gasteiger partial charge on any atom is -0.481 e. The van der Waals surface area contributed by atoms with Crippen LogP contribution < -0.4 is 0 Å². The highest BCUT2D eigenvalue weighted by molar-refractivity contribution is 6.31. The second-order valence-corrected chi connectivity index (χ2v) is 4.36. The number of hydrazone groups is 1. The van der Waals surface area contributed by atoms with Gasteiger partial charge in [0.15, 0.2) is 0 Å². The van der Waals surface area contributed by atoms with E-state index in [9.17, 15) is 9.59 Å². The lowest BCUT2D eigenvalue weighted by Gasteiger charge is -2.12. The van der Waals surface area contributed by atoms with Crippen LogP contribution in [0.2, 0.25) is 5.02 Å². The lowest BCUT2D eigenvalue weighted by atomic mass is 10.2. The maximum atomic E-state index is 11.7. The summed E-state index contributed by atoms with van der Waals surface area (Å²) in [5, 5.41) is 14.5. The summed E-state index contributed by atoms with van der Waals surface area (Å²) in [4.78, 5) is 22.2. The third-order valence-electron chi connectivity index (χ3n) is 2.54. The molecule has 6 heteroatoms. The highest BCUT2D eigenvalue weighted by atomic mass is 35.5. The van der Waals surface area contributed by atoms with Crippen molar-refractivity contribution in [3.8, 4) is 0 Å². The summed E-state index contributed by atoms with van der Waals surface area (Å²) >= 11 is 5.99. The van der Waals surface area contributed by atoms with Crippen molar-refractivity contribution >= 4 is 29.2 Å². The van der Waals surface area contributed by atoms with E-state index >= 15 is 0 Å². The summed E-state index contributed by atoms with van der Waals surface area (Å²) in [6.07, 6.45) is -0.137. The number of benzene rings is 1. The number of nitrogens with zero attached hydrogens (tertiary/aromatic N) is 2. The zero-order valence-electron chi connectivity index (χ0n) is 9.47. The van der Waals surface area contributed by atoms with Crippen LogP contribution in [-0.4, -0.2) is 27.7 Å². The molecular weight excluding hydrogens is 256 g/mol. The fourth-order valence-electron chi connectivity index (χ4n) is 1.71. The van der Waals surface area contributed by atoms with E-state index in [1.54, 1.807) is 18.2 Å². The van der Waals surface area contributed by atoms with Gasteiger partial charge in [0.25, 0.3) is 0 Å². The van der Waals surface area contributed by atoms with Gasteiger partial charge in [0.1, 0.15) is 0 Å². The van der Waals surface area contributed by atoms with Gasteiger partial charge in [0, 0.05) is 5.02 Å². The molecule has 0 spiro atoms. The van der Waals surface area contributed by atoms with Gasteiger partial charge in [0.2, 0.25) is 5.91 Å². The zero-order chi connectivity index (χ0) is 13.1. The average molecular weight is 267 g/mol. The number of rotatable bonds is 4. The lowest BCUT2D eigenvalue weighted by Crippen LogP contribution is -2.20. The van der Waals surface area contributed by atoms with Gasteiger partial charge in [-0.3, -0.25) is 9.59 Å². The van der Waals surface area contributed by atoms with Gasteiger partial charge in [-0.05, 0) is 11.6 Å². The Bertz CT molecular complexity index is 528. The fourth-order valence-corrected chi connectivity index (χ4v) is 1.91. The van der Waals surface area contributed by atoms with Crippen LogP contribution in [0.3, 0.4) is 0 Å². The highest BCUT2D eigenvalue weighted by Gasteiger charge is 2.25. The SMILES string of the molecule is O=C(O)CC1=NN(Cc2ccccc2Cl)C(=O)C1. The number of carboxylic acid groups (broad SMARTS) is 1. The van der Waals surface area contributed by atoms with Crippen LogP contribution in [0.15, 0.2) is 29.4 Å². The second-order valence-electron chi connectivity index (χ2n) is 3.96. The Morgan fingerprint density at radius 2 is 2.17 bits per heavy atom. The molecule has 1 aliphatic rings. The van der Waals surface area contributed by atoms with Crippen LogP contribution in [0.25, 0.3) is 0 Å². The molecule has 1 N–H and O–H groups in total. The predicted molar refractivity (Wildman–Crippen MR) is 66.3 cm³/mol. The minimum atomic E-state index is -0.985. The molecule has 0 unspecified atom stereocenters. The molecule has 0 saturated heterocycles. The van der Waals surface area contributed by atoms with Crippen LogP contribution >= 0.6 is 11.6 Å². The number of carboxylic acids is 1. The molecule has 1 heterocycles. The quantitative estimate of drug-likeness (QED) is 0.905. The summed E-state index contributed by atoms with van der Waals surface area (Å²) in [5.41, 5.74) is 1.16. The summed E-state index contributed by atoms with van der Waals surface area (Å²) < 4.78 is 0. The van der Waals surface area contributed by atoms with E-state index in [0.29, 0.717) is 10.7 Å².